The molecule has 0 bridgehead atoms. The number of hydrogen-bond donors (Lipinski definition) is 1. The van der Waals surface area contributed by atoms with Crippen molar-refractivity contribution in [2.45, 2.75) is 26.4 Å². The first kappa shape index (κ1) is 19.5. The Kier molecular flexibility index (Phi) is 7.46. The van der Waals surface area contributed by atoms with E-state index in [1.165, 1.54) is 4.88 Å². The maximum Gasteiger partial charge on any atom is 0.317 e. The van der Waals surface area contributed by atoms with Gasteiger partial charge in [-0.05, 0) is 25.3 Å². The average Bonchev–Trinajstić information content (AvgIpc) is 3.13. The summed E-state index contributed by atoms with van der Waals surface area (Å²) < 4.78 is 0. The van der Waals surface area contributed by atoms with E-state index in [2.05, 4.69) is 16.8 Å². The summed E-state index contributed by atoms with van der Waals surface area (Å²) in [7, 11) is 0. The Morgan fingerprint density at radius 1 is 1.40 bits per heavy atom. The van der Waals surface area contributed by atoms with Crippen LogP contribution in [0.4, 0.5) is 4.79 Å². The van der Waals surface area contributed by atoms with Crippen molar-refractivity contribution in [3.05, 3.63) is 35.0 Å². The predicted octanol–water partition coefficient (Wildman–Crippen LogP) is 2.00. The van der Waals surface area contributed by atoms with Gasteiger partial charge >= 0.3 is 6.03 Å². The fraction of sp³-hybridized carbons (Fsp3) is 0.556. The molecular weight excluding hydrogens is 336 g/mol. The molecule has 7 heteroatoms. The van der Waals surface area contributed by atoms with E-state index in [4.69, 9.17) is 0 Å². The van der Waals surface area contributed by atoms with Gasteiger partial charge in [-0.25, -0.2) is 4.79 Å². The van der Waals surface area contributed by atoms with Gasteiger partial charge in [0.1, 0.15) is 0 Å². The Bertz CT molecular complexity index is 568. The van der Waals surface area contributed by atoms with E-state index in [1.54, 1.807) is 17.4 Å². The van der Waals surface area contributed by atoms with Crippen LogP contribution < -0.4 is 5.32 Å². The SMILES string of the molecule is C=CCN(Cc1cccs1)C(=O)C(C)N1CCN(C(=O)NCC)CC1. The Hall–Kier alpha value is -1.86. The number of carbonyl (C=O) groups is 2. The second-order valence-electron chi connectivity index (χ2n) is 6.12. The summed E-state index contributed by atoms with van der Waals surface area (Å²) in [4.78, 5) is 31.8. The van der Waals surface area contributed by atoms with Gasteiger partial charge < -0.3 is 15.1 Å². The number of rotatable bonds is 7. The number of thiophene rings is 1. The third kappa shape index (κ3) is 5.31. The molecule has 0 aromatic carbocycles. The molecule has 1 saturated heterocycles. The minimum Gasteiger partial charge on any atom is -0.338 e. The average molecular weight is 365 g/mol. The van der Waals surface area contributed by atoms with Gasteiger partial charge in [0.15, 0.2) is 0 Å². The standard InChI is InChI=1S/C18H28N4O2S/c1-4-8-22(14-16-7-6-13-25-16)17(23)15(3)20-9-11-21(12-10-20)18(24)19-5-2/h4,6-7,13,15H,1,5,8-12,14H2,2-3H3,(H,19,24). The molecule has 2 heterocycles. The number of nitrogens with zero attached hydrogens (tertiary/aromatic N) is 3. The van der Waals surface area contributed by atoms with Crippen molar-refractivity contribution in [2.24, 2.45) is 0 Å². The number of urea groups is 1. The highest BCUT2D eigenvalue weighted by atomic mass is 32.1. The first-order valence-corrected chi connectivity index (χ1v) is 9.63. The van der Waals surface area contributed by atoms with Gasteiger partial charge in [0.25, 0.3) is 0 Å². The lowest BCUT2D eigenvalue weighted by molar-refractivity contribution is -0.137. The lowest BCUT2D eigenvalue weighted by atomic mass is 10.2. The fourth-order valence-electron chi connectivity index (χ4n) is 2.97. The molecule has 0 spiro atoms. The van der Waals surface area contributed by atoms with Crippen LogP contribution in [0.1, 0.15) is 18.7 Å². The summed E-state index contributed by atoms with van der Waals surface area (Å²) in [5.41, 5.74) is 0. The zero-order valence-electron chi connectivity index (χ0n) is 15.1. The molecule has 25 heavy (non-hydrogen) atoms. The van der Waals surface area contributed by atoms with E-state index < -0.39 is 0 Å². The van der Waals surface area contributed by atoms with Crippen molar-refractivity contribution in [3.63, 3.8) is 0 Å². The number of nitrogens with one attached hydrogen (secondary N) is 1. The summed E-state index contributed by atoms with van der Waals surface area (Å²) in [6.45, 7) is 12.2. The highest BCUT2D eigenvalue weighted by Crippen LogP contribution is 2.15. The van der Waals surface area contributed by atoms with Crippen molar-refractivity contribution < 1.29 is 9.59 Å². The Labute approximate surface area is 154 Å². The third-order valence-electron chi connectivity index (χ3n) is 4.42. The maximum atomic E-state index is 12.9. The van der Waals surface area contributed by atoms with Crippen LogP contribution in [-0.4, -0.2) is 71.9 Å². The van der Waals surface area contributed by atoms with Crippen LogP contribution in [0.3, 0.4) is 0 Å². The molecule has 138 valence electrons. The molecule has 1 aliphatic heterocycles. The van der Waals surface area contributed by atoms with Crippen molar-refractivity contribution in [2.75, 3.05) is 39.3 Å². The van der Waals surface area contributed by atoms with Crippen LogP contribution in [-0.2, 0) is 11.3 Å². The molecule has 1 aromatic rings. The molecule has 0 saturated carbocycles. The van der Waals surface area contributed by atoms with Crippen LogP contribution in [0.15, 0.2) is 30.2 Å². The van der Waals surface area contributed by atoms with Crippen LogP contribution in [0.25, 0.3) is 0 Å². The van der Waals surface area contributed by atoms with Gasteiger partial charge in [-0.2, -0.15) is 0 Å². The summed E-state index contributed by atoms with van der Waals surface area (Å²) in [6.07, 6.45) is 1.77. The van der Waals surface area contributed by atoms with E-state index in [-0.39, 0.29) is 18.0 Å². The first-order chi connectivity index (χ1) is 12.1. The largest absolute Gasteiger partial charge is 0.338 e. The van der Waals surface area contributed by atoms with Gasteiger partial charge in [-0.15, -0.1) is 17.9 Å². The highest BCUT2D eigenvalue weighted by molar-refractivity contribution is 7.09. The van der Waals surface area contributed by atoms with E-state index >= 15 is 0 Å². The molecule has 2 rings (SSSR count). The minimum absolute atomic E-state index is 0.0212. The highest BCUT2D eigenvalue weighted by Gasteiger charge is 2.29. The van der Waals surface area contributed by atoms with E-state index in [1.807, 2.05) is 41.2 Å². The number of carbonyl (C=O) groups excluding carboxylic acids is 2. The molecule has 3 amide bonds. The van der Waals surface area contributed by atoms with Crippen molar-refractivity contribution >= 4 is 23.3 Å². The van der Waals surface area contributed by atoms with E-state index in [9.17, 15) is 9.59 Å². The lowest BCUT2D eigenvalue weighted by Gasteiger charge is -2.38. The molecule has 1 atom stereocenters. The van der Waals surface area contributed by atoms with Crippen molar-refractivity contribution in [1.29, 1.82) is 0 Å². The van der Waals surface area contributed by atoms with Gasteiger partial charge in [-0.1, -0.05) is 12.1 Å². The lowest BCUT2D eigenvalue weighted by Crippen LogP contribution is -2.56. The smallest absolute Gasteiger partial charge is 0.317 e. The second-order valence-corrected chi connectivity index (χ2v) is 7.15. The molecule has 1 aliphatic rings. The van der Waals surface area contributed by atoms with Gasteiger partial charge in [0.05, 0.1) is 12.6 Å². The second kappa shape index (κ2) is 9.58. The van der Waals surface area contributed by atoms with Crippen LogP contribution >= 0.6 is 11.3 Å². The minimum atomic E-state index is -0.198. The Balaban J connectivity index is 1.91. The van der Waals surface area contributed by atoms with E-state index in [0.29, 0.717) is 45.8 Å². The molecular formula is C18H28N4O2S. The fourth-order valence-corrected chi connectivity index (χ4v) is 3.69. The summed E-state index contributed by atoms with van der Waals surface area (Å²) in [6, 6.07) is 3.83. The summed E-state index contributed by atoms with van der Waals surface area (Å²) >= 11 is 1.66. The Morgan fingerprint density at radius 2 is 2.12 bits per heavy atom. The zero-order chi connectivity index (χ0) is 18.2. The van der Waals surface area contributed by atoms with Gasteiger partial charge in [0.2, 0.25) is 5.91 Å². The number of amides is 3. The zero-order valence-corrected chi connectivity index (χ0v) is 15.9. The third-order valence-corrected chi connectivity index (χ3v) is 5.28. The summed E-state index contributed by atoms with van der Waals surface area (Å²) in [5, 5.41) is 4.85. The molecule has 1 fully saturated rings. The van der Waals surface area contributed by atoms with Crippen LogP contribution in [0.5, 0.6) is 0 Å². The molecule has 1 unspecified atom stereocenters. The topological polar surface area (TPSA) is 55.9 Å². The van der Waals surface area contributed by atoms with Crippen molar-refractivity contribution in [1.82, 2.24) is 20.0 Å². The molecule has 0 aliphatic carbocycles. The van der Waals surface area contributed by atoms with Gasteiger partial charge in [-0.3, -0.25) is 9.69 Å². The Morgan fingerprint density at radius 3 is 2.68 bits per heavy atom. The molecule has 6 nitrogen and oxygen atoms in total. The van der Waals surface area contributed by atoms with Crippen LogP contribution in [0.2, 0.25) is 0 Å². The van der Waals surface area contributed by atoms with Gasteiger partial charge in [0, 0.05) is 44.1 Å². The molecule has 0 radical (unpaired) electrons. The van der Waals surface area contributed by atoms with Crippen LogP contribution in [0, 0.1) is 0 Å². The number of hydrogen-bond acceptors (Lipinski definition) is 4. The monoisotopic (exact) mass is 364 g/mol. The number of piperazine rings is 1. The summed E-state index contributed by atoms with van der Waals surface area (Å²) in [5.74, 6) is 0.111. The quantitative estimate of drug-likeness (QED) is 0.753. The predicted molar refractivity (Wildman–Crippen MR) is 102 cm³/mol. The normalized spacial score (nSPS) is 16.3. The first-order valence-electron chi connectivity index (χ1n) is 8.75. The molecule has 1 aromatic heterocycles. The van der Waals surface area contributed by atoms with E-state index in [0.717, 1.165) is 0 Å². The molecule has 1 N–H and O–H groups in total. The maximum absolute atomic E-state index is 12.9. The van der Waals surface area contributed by atoms with Crippen molar-refractivity contribution in [3.8, 4) is 0 Å².